The molecule has 0 amide bonds. The van der Waals surface area contributed by atoms with E-state index in [2.05, 4.69) is 57.0 Å². The summed E-state index contributed by atoms with van der Waals surface area (Å²) in [5.74, 6) is 1.23. The summed E-state index contributed by atoms with van der Waals surface area (Å²) in [5, 5.41) is 13.4. The first-order chi connectivity index (χ1) is 9.79. The molecule has 0 saturated heterocycles. The Hall–Kier alpha value is -2.30. The molecule has 0 spiro atoms. The summed E-state index contributed by atoms with van der Waals surface area (Å²) in [4.78, 5) is 4.21. The molecule has 1 aromatic heterocycles. The highest BCUT2D eigenvalue weighted by Gasteiger charge is 2.06. The molecule has 20 heavy (non-hydrogen) atoms. The Balaban J connectivity index is 1.79. The SMILES string of the molecule is CN=C(NCc1ccn[nH]1)NCC(C)c1ccccc1. The van der Waals surface area contributed by atoms with Crippen molar-refractivity contribution in [3.63, 3.8) is 0 Å². The number of rotatable bonds is 5. The minimum Gasteiger partial charge on any atom is -0.356 e. The number of aliphatic imine (C=N–C) groups is 1. The summed E-state index contributed by atoms with van der Waals surface area (Å²) in [6.07, 6.45) is 1.74. The maximum atomic E-state index is 4.21. The van der Waals surface area contributed by atoms with Gasteiger partial charge in [0.15, 0.2) is 5.96 Å². The van der Waals surface area contributed by atoms with Crippen LogP contribution in [-0.4, -0.2) is 29.7 Å². The zero-order chi connectivity index (χ0) is 14.2. The second kappa shape index (κ2) is 7.33. The van der Waals surface area contributed by atoms with Gasteiger partial charge in [-0.2, -0.15) is 5.10 Å². The van der Waals surface area contributed by atoms with Crippen LogP contribution in [0.4, 0.5) is 0 Å². The maximum absolute atomic E-state index is 4.21. The summed E-state index contributed by atoms with van der Waals surface area (Å²) >= 11 is 0. The Kier molecular flexibility index (Phi) is 5.17. The molecular weight excluding hydrogens is 250 g/mol. The molecule has 0 radical (unpaired) electrons. The van der Waals surface area contributed by atoms with Crippen molar-refractivity contribution in [3.05, 3.63) is 53.9 Å². The molecule has 2 aromatic rings. The molecule has 2 rings (SSSR count). The third-order valence-electron chi connectivity index (χ3n) is 3.17. The summed E-state index contributed by atoms with van der Waals surface area (Å²) in [6.45, 7) is 3.72. The van der Waals surface area contributed by atoms with Crippen LogP contribution in [0.15, 0.2) is 47.6 Å². The highest BCUT2D eigenvalue weighted by molar-refractivity contribution is 5.79. The smallest absolute Gasteiger partial charge is 0.191 e. The second-order valence-electron chi connectivity index (χ2n) is 4.70. The van der Waals surface area contributed by atoms with Gasteiger partial charge in [-0.15, -0.1) is 0 Å². The largest absolute Gasteiger partial charge is 0.356 e. The van der Waals surface area contributed by atoms with Crippen LogP contribution in [0, 0.1) is 0 Å². The molecular formula is C15H21N5. The maximum Gasteiger partial charge on any atom is 0.191 e. The molecule has 1 aromatic carbocycles. The normalized spacial score (nSPS) is 13.0. The van der Waals surface area contributed by atoms with E-state index in [1.165, 1.54) is 5.56 Å². The van der Waals surface area contributed by atoms with Crippen LogP contribution in [-0.2, 0) is 6.54 Å². The average molecular weight is 271 g/mol. The molecule has 0 bridgehead atoms. The van der Waals surface area contributed by atoms with Crippen LogP contribution < -0.4 is 10.6 Å². The number of hydrogen-bond acceptors (Lipinski definition) is 2. The van der Waals surface area contributed by atoms with E-state index in [1.54, 1.807) is 13.2 Å². The lowest BCUT2D eigenvalue weighted by Gasteiger charge is -2.16. The Morgan fingerprint density at radius 1 is 1.25 bits per heavy atom. The zero-order valence-corrected chi connectivity index (χ0v) is 11.9. The first-order valence-electron chi connectivity index (χ1n) is 6.77. The first-order valence-corrected chi connectivity index (χ1v) is 6.77. The van der Waals surface area contributed by atoms with Crippen molar-refractivity contribution in [3.8, 4) is 0 Å². The topological polar surface area (TPSA) is 65.1 Å². The number of nitrogens with zero attached hydrogens (tertiary/aromatic N) is 2. The summed E-state index contributed by atoms with van der Waals surface area (Å²) in [7, 11) is 1.77. The molecule has 106 valence electrons. The molecule has 0 aliphatic carbocycles. The number of guanidine groups is 1. The van der Waals surface area contributed by atoms with Gasteiger partial charge in [0.1, 0.15) is 0 Å². The van der Waals surface area contributed by atoms with Crippen LogP contribution in [0.1, 0.15) is 24.1 Å². The van der Waals surface area contributed by atoms with E-state index < -0.39 is 0 Å². The first kappa shape index (κ1) is 14.1. The van der Waals surface area contributed by atoms with Gasteiger partial charge in [0.05, 0.1) is 12.2 Å². The van der Waals surface area contributed by atoms with Crippen molar-refractivity contribution in [2.75, 3.05) is 13.6 Å². The highest BCUT2D eigenvalue weighted by atomic mass is 15.2. The van der Waals surface area contributed by atoms with E-state index >= 15 is 0 Å². The van der Waals surface area contributed by atoms with Gasteiger partial charge in [-0.3, -0.25) is 10.1 Å². The van der Waals surface area contributed by atoms with Gasteiger partial charge in [-0.05, 0) is 17.5 Å². The van der Waals surface area contributed by atoms with Crippen LogP contribution in [0.2, 0.25) is 0 Å². The minimum absolute atomic E-state index is 0.432. The molecule has 0 aliphatic rings. The van der Waals surface area contributed by atoms with Crippen LogP contribution in [0.3, 0.4) is 0 Å². The molecule has 1 heterocycles. The van der Waals surface area contributed by atoms with E-state index in [9.17, 15) is 0 Å². The van der Waals surface area contributed by atoms with E-state index in [1.807, 2.05) is 12.1 Å². The van der Waals surface area contributed by atoms with Crippen LogP contribution in [0.25, 0.3) is 0 Å². The van der Waals surface area contributed by atoms with E-state index in [-0.39, 0.29) is 0 Å². The lowest BCUT2D eigenvalue weighted by molar-refractivity contribution is 0.696. The number of H-pyrrole nitrogens is 1. The fraction of sp³-hybridized carbons (Fsp3) is 0.333. The molecule has 0 saturated carbocycles. The predicted molar refractivity (Wildman–Crippen MR) is 81.6 cm³/mol. The van der Waals surface area contributed by atoms with E-state index in [0.29, 0.717) is 12.5 Å². The second-order valence-corrected chi connectivity index (χ2v) is 4.70. The Bertz CT molecular complexity index is 518. The molecule has 1 atom stereocenters. The average Bonchev–Trinajstić information content (AvgIpc) is 3.01. The Morgan fingerprint density at radius 2 is 2.05 bits per heavy atom. The molecule has 0 aliphatic heterocycles. The third-order valence-corrected chi connectivity index (χ3v) is 3.17. The highest BCUT2D eigenvalue weighted by Crippen LogP contribution is 2.12. The van der Waals surface area contributed by atoms with Crippen molar-refractivity contribution < 1.29 is 0 Å². The van der Waals surface area contributed by atoms with Gasteiger partial charge in [-0.1, -0.05) is 37.3 Å². The van der Waals surface area contributed by atoms with Crippen molar-refractivity contribution in [1.82, 2.24) is 20.8 Å². The van der Waals surface area contributed by atoms with Gasteiger partial charge in [-0.25, -0.2) is 0 Å². The van der Waals surface area contributed by atoms with Crippen molar-refractivity contribution in [2.24, 2.45) is 4.99 Å². The van der Waals surface area contributed by atoms with E-state index in [4.69, 9.17) is 0 Å². The number of aromatic amines is 1. The standard InChI is InChI=1S/C15H21N5/c1-12(13-6-4-3-5-7-13)10-17-15(16-2)18-11-14-8-9-19-20-14/h3-9,12H,10-11H2,1-2H3,(H,19,20)(H2,16,17,18). The zero-order valence-electron chi connectivity index (χ0n) is 11.9. The van der Waals surface area contributed by atoms with Gasteiger partial charge >= 0.3 is 0 Å². The fourth-order valence-corrected chi connectivity index (χ4v) is 1.93. The van der Waals surface area contributed by atoms with Gasteiger partial charge in [0.2, 0.25) is 0 Å². The van der Waals surface area contributed by atoms with Gasteiger partial charge in [0.25, 0.3) is 0 Å². The molecule has 1 unspecified atom stereocenters. The van der Waals surface area contributed by atoms with Crippen LogP contribution >= 0.6 is 0 Å². The number of benzene rings is 1. The van der Waals surface area contributed by atoms with Gasteiger partial charge < -0.3 is 10.6 Å². The molecule has 5 nitrogen and oxygen atoms in total. The minimum atomic E-state index is 0.432. The lowest BCUT2D eigenvalue weighted by Crippen LogP contribution is -2.38. The lowest BCUT2D eigenvalue weighted by atomic mass is 10.0. The van der Waals surface area contributed by atoms with Crippen molar-refractivity contribution in [1.29, 1.82) is 0 Å². The van der Waals surface area contributed by atoms with Crippen LogP contribution in [0.5, 0.6) is 0 Å². The fourth-order valence-electron chi connectivity index (χ4n) is 1.93. The molecule has 5 heteroatoms. The van der Waals surface area contributed by atoms with E-state index in [0.717, 1.165) is 18.2 Å². The summed E-state index contributed by atoms with van der Waals surface area (Å²) in [5.41, 5.74) is 2.35. The summed E-state index contributed by atoms with van der Waals surface area (Å²) < 4.78 is 0. The monoisotopic (exact) mass is 271 g/mol. The number of aromatic nitrogens is 2. The van der Waals surface area contributed by atoms with Crippen molar-refractivity contribution in [2.45, 2.75) is 19.4 Å². The molecule has 0 fully saturated rings. The summed E-state index contributed by atoms with van der Waals surface area (Å²) in [6, 6.07) is 12.4. The quantitative estimate of drug-likeness (QED) is 0.574. The number of hydrogen-bond donors (Lipinski definition) is 3. The predicted octanol–water partition coefficient (Wildman–Crippen LogP) is 1.88. The third kappa shape index (κ3) is 4.12. The molecule has 3 N–H and O–H groups in total. The van der Waals surface area contributed by atoms with Gasteiger partial charge in [0, 0.05) is 19.8 Å². The Morgan fingerprint density at radius 3 is 2.70 bits per heavy atom. The van der Waals surface area contributed by atoms with Crippen molar-refractivity contribution >= 4 is 5.96 Å². The number of nitrogens with one attached hydrogen (secondary N) is 3. The Labute approximate surface area is 119 Å².